The topological polar surface area (TPSA) is 57.7 Å². The number of urea groups is 1. The molecule has 6 heteroatoms. The van der Waals surface area contributed by atoms with E-state index in [2.05, 4.69) is 15.2 Å². The Morgan fingerprint density at radius 2 is 2.04 bits per heavy atom. The molecular weight excluding hydrogens is 316 g/mol. The molecule has 0 unspecified atom stereocenters. The van der Waals surface area contributed by atoms with Crippen molar-refractivity contribution in [3.8, 4) is 0 Å². The molecule has 1 aromatic rings. The van der Waals surface area contributed by atoms with E-state index >= 15 is 0 Å². The van der Waals surface area contributed by atoms with Crippen molar-refractivity contribution in [3.05, 3.63) is 24.0 Å². The Balaban J connectivity index is 1.35. The molecule has 0 spiro atoms. The number of morpholine rings is 1. The Bertz CT molecular complexity index is 552. The number of rotatable bonds is 5. The number of ether oxygens (including phenoxy) is 1. The van der Waals surface area contributed by atoms with E-state index in [1.54, 1.807) is 12.4 Å². The number of amides is 2. The van der Waals surface area contributed by atoms with Gasteiger partial charge >= 0.3 is 6.03 Å². The lowest BCUT2D eigenvalue weighted by Gasteiger charge is -2.33. The Hall–Kier alpha value is -1.66. The summed E-state index contributed by atoms with van der Waals surface area (Å²) in [6.45, 7) is 8.78. The van der Waals surface area contributed by atoms with E-state index in [9.17, 15) is 4.79 Å². The van der Waals surface area contributed by atoms with Crippen LogP contribution in [0.1, 0.15) is 31.2 Å². The highest BCUT2D eigenvalue weighted by molar-refractivity contribution is 5.90. The molecule has 1 aromatic heterocycles. The number of anilines is 1. The number of likely N-dealkylation sites (tertiary alicyclic amines) is 1. The first-order valence-electron chi connectivity index (χ1n) is 9.49. The molecule has 2 fully saturated rings. The second kappa shape index (κ2) is 9.15. The highest BCUT2D eigenvalue weighted by Gasteiger charge is 2.23. The van der Waals surface area contributed by atoms with Gasteiger partial charge in [-0.15, -0.1) is 0 Å². The third-order valence-electron chi connectivity index (χ3n) is 5.35. The molecule has 2 aliphatic rings. The van der Waals surface area contributed by atoms with E-state index in [1.165, 1.54) is 19.4 Å². The summed E-state index contributed by atoms with van der Waals surface area (Å²) in [6, 6.07) is 1.87. The molecule has 0 saturated carbocycles. The van der Waals surface area contributed by atoms with Crippen molar-refractivity contribution >= 4 is 11.7 Å². The molecule has 3 rings (SSSR count). The smallest absolute Gasteiger partial charge is 0.321 e. The van der Waals surface area contributed by atoms with E-state index < -0.39 is 0 Å². The molecule has 3 heterocycles. The van der Waals surface area contributed by atoms with Gasteiger partial charge in [0.15, 0.2) is 0 Å². The minimum absolute atomic E-state index is 0.0149. The third-order valence-corrected chi connectivity index (χ3v) is 5.35. The van der Waals surface area contributed by atoms with Crippen LogP contribution >= 0.6 is 0 Å². The lowest BCUT2D eigenvalue weighted by atomic mass is 9.92. The standard InChI is InChI=1S/C19H30N4O2/c1-16-15-20-7-4-18(16)21-19(24)23-9-5-17(6-10-23)3-2-8-22-11-13-25-14-12-22/h4,7,15,17H,2-3,5-6,8-14H2,1H3,(H,20,21,24). The Morgan fingerprint density at radius 3 is 2.76 bits per heavy atom. The first kappa shape index (κ1) is 18.1. The van der Waals surface area contributed by atoms with Crippen LogP contribution in [-0.2, 0) is 4.74 Å². The summed E-state index contributed by atoms with van der Waals surface area (Å²) in [5, 5.41) is 3.01. The predicted molar refractivity (Wildman–Crippen MR) is 98.8 cm³/mol. The largest absolute Gasteiger partial charge is 0.379 e. The number of nitrogens with zero attached hydrogens (tertiary/aromatic N) is 3. The van der Waals surface area contributed by atoms with Crippen molar-refractivity contribution in [3.63, 3.8) is 0 Å². The average molecular weight is 346 g/mol. The van der Waals surface area contributed by atoms with Gasteiger partial charge in [-0.1, -0.05) is 0 Å². The molecule has 0 atom stereocenters. The molecule has 138 valence electrons. The molecular formula is C19H30N4O2. The molecule has 25 heavy (non-hydrogen) atoms. The normalized spacial score (nSPS) is 19.8. The molecule has 1 N–H and O–H groups in total. The van der Waals surface area contributed by atoms with Crippen LogP contribution in [-0.4, -0.2) is 66.8 Å². The molecule has 0 aliphatic carbocycles. The van der Waals surface area contributed by atoms with Gasteiger partial charge in [-0.2, -0.15) is 0 Å². The highest BCUT2D eigenvalue weighted by atomic mass is 16.5. The van der Waals surface area contributed by atoms with Crippen molar-refractivity contribution in [2.45, 2.75) is 32.6 Å². The Kier molecular flexibility index (Phi) is 6.64. The summed E-state index contributed by atoms with van der Waals surface area (Å²) in [4.78, 5) is 20.9. The van der Waals surface area contributed by atoms with Crippen LogP contribution in [0.5, 0.6) is 0 Å². The van der Waals surface area contributed by atoms with Gasteiger partial charge < -0.3 is 15.0 Å². The first-order chi connectivity index (χ1) is 12.2. The van der Waals surface area contributed by atoms with Crippen LogP contribution in [0, 0.1) is 12.8 Å². The third kappa shape index (κ3) is 5.41. The number of aryl methyl sites for hydroxylation is 1. The Labute approximate surface area is 150 Å². The summed E-state index contributed by atoms with van der Waals surface area (Å²) in [7, 11) is 0. The van der Waals surface area contributed by atoms with Gasteiger partial charge in [-0.05, 0) is 56.7 Å². The van der Waals surface area contributed by atoms with Crippen molar-refractivity contribution in [1.82, 2.24) is 14.8 Å². The number of hydrogen-bond donors (Lipinski definition) is 1. The van der Waals surface area contributed by atoms with E-state index in [1.807, 2.05) is 17.9 Å². The summed E-state index contributed by atoms with van der Waals surface area (Å²) in [5.74, 6) is 0.757. The maximum Gasteiger partial charge on any atom is 0.321 e. The van der Waals surface area contributed by atoms with Gasteiger partial charge in [0, 0.05) is 44.3 Å². The summed E-state index contributed by atoms with van der Waals surface area (Å²) < 4.78 is 5.39. The number of pyridine rings is 1. The van der Waals surface area contributed by atoms with E-state index in [0.29, 0.717) is 0 Å². The zero-order chi connectivity index (χ0) is 17.5. The van der Waals surface area contributed by atoms with Gasteiger partial charge in [0.05, 0.1) is 13.2 Å². The van der Waals surface area contributed by atoms with Crippen LogP contribution in [0.25, 0.3) is 0 Å². The van der Waals surface area contributed by atoms with Crippen LogP contribution in [0.3, 0.4) is 0 Å². The van der Waals surface area contributed by atoms with Gasteiger partial charge in [0.2, 0.25) is 0 Å². The SMILES string of the molecule is Cc1cnccc1NC(=O)N1CCC(CCCN2CCOCC2)CC1. The van der Waals surface area contributed by atoms with E-state index in [4.69, 9.17) is 4.74 Å². The highest BCUT2D eigenvalue weighted by Crippen LogP contribution is 2.23. The van der Waals surface area contributed by atoms with Crippen LogP contribution in [0.2, 0.25) is 0 Å². The van der Waals surface area contributed by atoms with E-state index in [-0.39, 0.29) is 6.03 Å². The molecule has 2 amide bonds. The number of hydrogen-bond acceptors (Lipinski definition) is 4. The molecule has 2 aliphatic heterocycles. The molecule has 0 aromatic carbocycles. The lowest BCUT2D eigenvalue weighted by molar-refractivity contribution is 0.0363. The minimum Gasteiger partial charge on any atom is -0.379 e. The van der Waals surface area contributed by atoms with Crippen LogP contribution in [0.15, 0.2) is 18.5 Å². The fourth-order valence-electron chi connectivity index (χ4n) is 3.66. The summed E-state index contributed by atoms with van der Waals surface area (Å²) >= 11 is 0. The minimum atomic E-state index is 0.0149. The lowest BCUT2D eigenvalue weighted by Crippen LogP contribution is -2.41. The monoisotopic (exact) mass is 346 g/mol. The van der Waals surface area contributed by atoms with E-state index in [0.717, 1.165) is 69.4 Å². The first-order valence-corrected chi connectivity index (χ1v) is 9.49. The fraction of sp³-hybridized carbons (Fsp3) is 0.684. The summed E-state index contributed by atoms with van der Waals surface area (Å²) in [6.07, 6.45) is 8.25. The zero-order valence-corrected chi connectivity index (χ0v) is 15.2. The molecule has 6 nitrogen and oxygen atoms in total. The van der Waals surface area contributed by atoms with Gasteiger partial charge in [-0.3, -0.25) is 9.88 Å². The average Bonchev–Trinajstić information content (AvgIpc) is 2.65. The van der Waals surface area contributed by atoms with Crippen molar-refractivity contribution in [2.75, 3.05) is 51.3 Å². The quantitative estimate of drug-likeness (QED) is 0.891. The Morgan fingerprint density at radius 1 is 1.28 bits per heavy atom. The second-order valence-corrected chi connectivity index (χ2v) is 7.15. The maximum absolute atomic E-state index is 12.4. The number of carbonyl (C=O) groups excluding carboxylic acids is 1. The number of aromatic nitrogens is 1. The van der Waals surface area contributed by atoms with Gasteiger partial charge in [-0.25, -0.2) is 4.79 Å². The number of piperidine rings is 1. The van der Waals surface area contributed by atoms with Gasteiger partial charge in [0.1, 0.15) is 0 Å². The van der Waals surface area contributed by atoms with Crippen LogP contribution < -0.4 is 5.32 Å². The van der Waals surface area contributed by atoms with Crippen molar-refractivity contribution < 1.29 is 9.53 Å². The molecule has 0 bridgehead atoms. The summed E-state index contributed by atoms with van der Waals surface area (Å²) in [5.41, 5.74) is 1.85. The van der Waals surface area contributed by atoms with Gasteiger partial charge in [0.25, 0.3) is 0 Å². The van der Waals surface area contributed by atoms with Crippen molar-refractivity contribution in [1.29, 1.82) is 0 Å². The predicted octanol–water partition coefficient (Wildman–Crippen LogP) is 2.75. The second-order valence-electron chi connectivity index (χ2n) is 7.15. The molecule has 0 radical (unpaired) electrons. The maximum atomic E-state index is 12.4. The zero-order valence-electron chi connectivity index (χ0n) is 15.2. The van der Waals surface area contributed by atoms with Crippen molar-refractivity contribution in [2.24, 2.45) is 5.92 Å². The number of carbonyl (C=O) groups is 1. The van der Waals surface area contributed by atoms with Crippen LogP contribution in [0.4, 0.5) is 10.5 Å². The molecule has 2 saturated heterocycles. The number of nitrogens with one attached hydrogen (secondary N) is 1. The fourth-order valence-corrected chi connectivity index (χ4v) is 3.66.